The van der Waals surface area contributed by atoms with Gasteiger partial charge in [-0.3, -0.25) is 9.69 Å². The molecule has 1 saturated heterocycles. The van der Waals surface area contributed by atoms with Gasteiger partial charge in [-0.25, -0.2) is 0 Å². The second-order valence-corrected chi connectivity index (χ2v) is 5.64. The fourth-order valence-corrected chi connectivity index (χ4v) is 3.04. The SMILES string of the molecule is CSC1(C(=O)O)CCN(Cc2ccccc2)C1. The number of benzene rings is 1. The molecule has 1 aliphatic rings. The van der Waals surface area contributed by atoms with Gasteiger partial charge in [0.2, 0.25) is 0 Å². The number of rotatable bonds is 4. The van der Waals surface area contributed by atoms with Gasteiger partial charge in [0.15, 0.2) is 0 Å². The lowest BCUT2D eigenvalue weighted by molar-refractivity contribution is -0.139. The molecule has 1 aliphatic heterocycles. The highest BCUT2D eigenvalue weighted by Crippen LogP contribution is 2.34. The van der Waals surface area contributed by atoms with Gasteiger partial charge in [0, 0.05) is 19.6 Å². The lowest BCUT2D eigenvalue weighted by Gasteiger charge is -2.22. The number of nitrogens with zero attached hydrogens (tertiary/aromatic N) is 1. The second-order valence-electron chi connectivity index (χ2n) is 4.45. The van der Waals surface area contributed by atoms with Crippen molar-refractivity contribution in [3.8, 4) is 0 Å². The van der Waals surface area contributed by atoms with Crippen LogP contribution in [0.15, 0.2) is 30.3 Å². The van der Waals surface area contributed by atoms with Crippen molar-refractivity contribution in [2.45, 2.75) is 17.7 Å². The van der Waals surface area contributed by atoms with Gasteiger partial charge >= 0.3 is 5.97 Å². The van der Waals surface area contributed by atoms with E-state index in [-0.39, 0.29) is 0 Å². The zero-order valence-electron chi connectivity index (χ0n) is 9.93. The quantitative estimate of drug-likeness (QED) is 0.889. The van der Waals surface area contributed by atoms with Crippen LogP contribution in [0.1, 0.15) is 12.0 Å². The van der Waals surface area contributed by atoms with Gasteiger partial charge in [0.05, 0.1) is 0 Å². The van der Waals surface area contributed by atoms with Crippen LogP contribution in [0.2, 0.25) is 0 Å². The molecule has 1 N–H and O–H groups in total. The van der Waals surface area contributed by atoms with Gasteiger partial charge in [-0.1, -0.05) is 30.3 Å². The van der Waals surface area contributed by atoms with Crippen LogP contribution in [-0.2, 0) is 11.3 Å². The summed E-state index contributed by atoms with van der Waals surface area (Å²) < 4.78 is -0.602. The van der Waals surface area contributed by atoms with Crippen LogP contribution in [0, 0.1) is 0 Å². The number of hydrogen-bond acceptors (Lipinski definition) is 3. The Bertz CT molecular complexity index is 396. The summed E-state index contributed by atoms with van der Waals surface area (Å²) in [6, 6.07) is 10.2. The molecule has 0 bridgehead atoms. The third kappa shape index (κ3) is 2.64. The standard InChI is InChI=1S/C13H17NO2S/c1-17-13(12(15)16)7-8-14(10-13)9-11-5-3-2-4-6-11/h2-6H,7-10H2,1H3,(H,15,16). The molecule has 0 radical (unpaired) electrons. The van der Waals surface area contributed by atoms with Gasteiger partial charge < -0.3 is 5.11 Å². The van der Waals surface area contributed by atoms with Crippen LogP contribution in [0.25, 0.3) is 0 Å². The molecular formula is C13H17NO2S. The molecule has 1 unspecified atom stereocenters. The number of hydrogen-bond donors (Lipinski definition) is 1. The first-order valence-corrected chi connectivity index (χ1v) is 6.93. The third-order valence-corrected chi connectivity index (χ3v) is 4.63. The molecule has 0 spiro atoms. The molecule has 1 aromatic carbocycles. The van der Waals surface area contributed by atoms with Crippen molar-refractivity contribution in [1.29, 1.82) is 0 Å². The van der Waals surface area contributed by atoms with E-state index in [0.717, 1.165) is 19.5 Å². The van der Waals surface area contributed by atoms with Gasteiger partial charge in [0.1, 0.15) is 4.75 Å². The Morgan fingerprint density at radius 2 is 2.18 bits per heavy atom. The normalized spacial score (nSPS) is 25.0. The van der Waals surface area contributed by atoms with Crippen LogP contribution in [0.3, 0.4) is 0 Å². The van der Waals surface area contributed by atoms with Crippen molar-refractivity contribution in [3.63, 3.8) is 0 Å². The van der Waals surface area contributed by atoms with Crippen molar-refractivity contribution in [2.75, 3.05) is 19.3 Å². The minimum absolute atomic E-state index is 0.602. The Kier molecular flexibility index (Phi) is 3.74. The summed E-state index contributed by atoms with van der Waals surface area (Å²) in [6.07, 6.45) is 2.62. The smallest absolute Gasteiger partial charge is 0.321 e. The number of likely N-dealkylation sites (tertiary alicyclic amines) is 1. The lowest BCUT2D eigenvalue weighted by atomic mass is 10.1. The molecule has 0 aromatic heterocycles. The van der Waals surface area contributed by atoms with E-state index in [1.54, 1.807) is 0 Å². The predicted molar refractivity (Wildman–Crippen MR) is 70.2 cm³/mol. The summed E-state index contributed by atoms with van der Waals surface area (Å²) >= 11 is 1.46. The second kappa shape index (κ2) is 5.10. The van der Waals surface area contributed by atoms with Crippen molar-refractivity contribution in [2.24, 2.45) is 0 Å². The van der Waals surface area contributed by atoms with Crippen LogP contribution in [-0.4, -0.2) is 40.1 Å². The zero-order chi connectivity index (χ0) is 12.3. The number of thioether (sulfide) groups is 1. The van der Waals surface area contributed by atoms with E-state index in [1.807, 2.05) is 24.5 Å². The molecule has 1 heterocycles. The number of aliphatic carboxylic acids is 1. The highest BCUT2D eigenvalue weighted by Gasteiger charge is 2.44. The summed E-state index contributed by atoms with van der Waals surface area (Å²) in [7, 11) is 0. The summed E-state index contributed by atoms with van der Waals surface area (Å²) in [4.78, 5) is 13.5. The van der Waals surface area contributed by atoms with E-state index in [0.29, 0.717) is 6.54 Å². The highest BCUT2D eigenvalue weighted by atomic mass is 32.2. The maximum Gasteiger partial charge on any atom is 0.321 e. The third-order valence-electron chi connectivity index (χ3n) is 3.34. The van der Waals surface area contributed by atoms with Crippen molar-refractivity contribution >= 4 is 17.7 Å². The minimum atomic E-state index is -0.680. The average Bonchev–Trinajstić information content (AvgIpc) is 2.75. The molecule has 1 fully saturated rings. The average molecular weight is 251 g/mol. The van der Waals surface area contributed by atoms with E-state index in [9.17, 15) is 9.90 Å². The van der Waals surface area contributed by atoms with Gasteiger partial charge in [-0.15, -0.1) is 11.8 Å². The van der Waals surface area contributed by atoms with Crippen LogP contribution in [0.5, 0.6) is 0 Å². The van der Waals surface area contributed by atoms with Crippen LogP contribution in [0.4, 0.5) is 0 Å². The van der Waals surface area contributed by atoms with E-state index < -0.39 is 10.7 Å². The first-order chi connectivity index (χ1) is 8.16. The molecule has 1 atom stereocenters. The largest absolute Gasteiger partial charge is 0.480 e. The van der Waals surface area contributed by atoms with Gasteiger partial charge in [-0.2, -0.15) is 0 Å². The molecule has 1 aromatic rings. The Morgan fingerprint density at radius 3 is 2.71 bits per heavy atom. The Balaban J connectivity index is 2.01. The summed E-state index contributed by atoms with van der Waals surface area (Å²) in [5.41, 5.74) is 1.25. The van der Waals surface area contributed by atoms with E-state index >= 15 is 0 Å². The predicted octanol–water partition coefficient (Wildman–Crippen LogP) is 2.08. The van der Waals surface area contributed by atoms with E-state index in [4.69, 9.17) is 0 Å². The molecule has 0 aliphatic carbocycles. The first-order valence-electron chi connectivity index (χ1n) is 5.71. The van der Waals surface area contributed by atoms with Crippen molar-refractivity contribution < 1.29 is 9.90 Å². The monoisotopic (exact) mass is 251 g/mol. The maximum atomic E-state index is 11.3. The topological polar surface area (TPSA) is 40.5 Å². The fraction of sp³-hybridized carbons (Fsp3) is 0.462. The molecule has 2 rings (SSSR count). The van der Waals surface area contributed by atoms with Crippen LogP contribution >= 0.6 is 11.8 Å². The molecular weight excluding hydrogens is 234 g/mol. The van der Waals surface area contributed by atoms with E-state index in [1.165, 1.54) is 17.3 Å². The molecule has 4 heteroatoms. The number of carboxylic acids is 1. The fourth-order valence-electron chi connectivity index (χ4n) is 2.26. The summed E-state index contributed by atoms with van der Waals surface area (Å²) in [5, 5.41) is 9.30. The number of carbonyl (C=O) groups is 1. The van der Waals surface area contributed by atoms with Crippen LogP contribution < -0.4 is 0 Å². The molecule has 92 valence electrons. The summed E-state index contributed by atoms with van der Waals surface area (Å²) in [5.74, 6) is -0.680. The molecule has 0 amide bonds. The van der Waals surface area contributed by atoms with Crippen molar-refractivity contribution in [3.05, 3.63) is 35.9 Å². The molecule has 17 heavy (non-hydrogen) atoms. The van der Waals surface area contributed by atoms with E-state index in [2.05, 4.69) is 17.0 Å². The Hall–Kier alpha value is -1.00. The molecule has 3 nitrogen and oxygen atoms in total. The minimum Gasteiger partial charge on any atom is -0.480 e. The van der Waals surface area contributed by atoms with Gasteiger partial charge in [-0.05, 0) is 18.2 Å². The first kappa shape index (κ1) is 12.5. The molecule has 0 saturated carbocycles. The highest BCUT2D eigenvalue weighted by molar-refractivity contribution is 8.00. The zero-order valence-corrected chi connectivity index (χ0v) is 10.7. The number of carboxylic acid groups (broad SMARTS) is 1. The Labute approximate surface area is 106 Å². The summed E-state index contributed by atoms with van der Waals surface area (Å²) in [6.45, 7) is 2.34. The maximum absolute atomic E-state index is 11.3. The lowest BCUT2D eigenvalue weighted by Crippen LogP contribution is -2.37. The van der Waals surface area contributed by atoms with Gasteiger partial charge in [0.25, 0.3) is 0 Å². The Morgan fingerprint density at radius 1 is 1.47 bits per heavy atom. The van der Waals surface area contributed by atoms with Crippen molar-refractivity contribution in [1.82, 2.24) is 4.90 Å².